The van der Waals surface area contributed by atoms with E-state index in [1.54, 1.807) is 0 Å². The van der Waals surface area contributed by atoms with E-state index >= 15 is 0 Å². The van der Waals surface area contributed by atoms with E-state index in [1.165, 1.54) is 66.7 Å². The fourth-order valence-corrected chi connectivity index (χ4v) is 4.61. The minimum atomic E-state index is -3.88. The lowest BCUT2D eigenvalue weighted by molar-refractivity contribution is -0.122. The number of nitrogens with zero attached hydrogens (tertiary/aromatic N) is 3. The van der Waals surface area contributed by atoms with E-state index in [2.05, 4.69) is 0 Å². The van der Waals surface area contributed by atoms with Gasteiger partial charge in [-0.05, 0) is 60.5 Å². The van der Waals surface area contributed by atoms with Crippen molar-refractivity contribution in [3.05, 3.63) is 95.3 Å². The summed E-state index contributed by atoms with van der Waals surface area (Å²) >= 11 is 0. The first kappa shape index (κ1) is 25.7. The van der Waals surface area contributed by atoms with Gasteiger partial charge in [0.15, 0.2) is 0 Å². The molecule has 3 aromatic rings. The minimum absolute atomic E-state index is 0.0488. The first-order chi connectivity index (χ1) is 17.6. The standard InChI is InChI=1S/C26H21FN4O5S/c27-22-4-2-1-3-21(22)25(33)30(14-13-17-7-11-20(12-8-17)37(29,35)36)23-15-24(32)31(26(23)34)19-9-5-18(16-28)6-10-19/h1-12,23H,13-15H2,(H2,29,35,36). The average molecular weight is 521 g/mol. The fourth-order valence-electron chi connectivity index (χ4n) is 4.10. The Kier molecular flexibility index (Phi) is 7.15. The Morgan fingerprint density at radius 3 is 2.30 bits per heavy atom. The highest BCUT2D eigenvalue weighted by atomic mass is 32.2. The molecule has 1 heterocycles. The maximum atomic E-state index is 14.5. The van der Waals surface area contributed by atoms with Crippen LogP contribution in [0.2, 0.25) is 0 Å². The van der Waals surface area contributed by atoms with E-state index in [9.17, 15) is 27.2 Å². The van der Waals surface area contributed by atoms with Crippen molar-refractivity contribution in [2.75, 3.05) is 11.4 Å². The monoisotopic (exact) mass is 520 g/mol. The van der Waals surface area contributed by atoms with Gasteiger partial charge in [-0.1, -0.05) is 24.3 Å². The number of amides is 3. The number of primary sulfonamides is 1. The van der Waals surface area contributed by atoms with Crippen LogP contribution in [-0.2, 0) is 26.0 Å². The van der Waals surface area contributed by atoms with Crippen molar-refractivity contribution in [2.24, 2.45) is 5.14 Å². The summed E-state index contributed by atoms with van der Waals surface area (Å²) in [5.41, 5.74) is 1.00. The third-order valence-corrected chi connectivity index (χ3v) is 6.94. The van der Waals surface area contributed by atoms with Crippen LogP contribution < -0.4 is 10.0 Å². The zero-order valence-corrected chi connectivity index (χ0v) is 20.2. The van der Waals surface area contributed by atoms with Crippen LogP contribution >= 0.6 is 0 Å². The second kappa shape index (κ2) is 10.3. The number of hydrogen-bond acceptors (Lipinski definition) is 6. The lowest BCUT2D eigenvalue weighted by Gasteiger charge is -2.28. The summed E-state index contributed by atoms with van der Waals surface area (Å²) in [6.07, 6.45) is -0.108. The summed E-state index contributed by atoms with van der Waals surface area (Å²) in [4.78, 5) is 41.7. The maximum absolute atomic E-state index is 14.5. The first-order valence-corrected chi connectivity index (χ1v) is 12.7. The number of imide groups is 1. The van der Waals surface area contributed by atoms with Gasteiger partial charge in [0.25, 0.3) is 11.8 Å². The Bertz CT molecular complexity index is 1520. The van der Waals surface area contributed by atoms with Gasteiger partial charge >= 0.3 is 0 Å². The third-order valence-electron chi connectivity index (χ3n) is 6.01. The molecule has 0 spiro atoms. The third kappa shape index (κ3) is 5.40. The highest BCUT2D eigenvalue weighted by Crippen LogP contribution is 2.27. The summed E-state index contributed by atoms with van der Waals surface area (Å²) in [5, 5.41) is 14.1. The number of sulfonamides is 1. The molecular formula is C26H21FN4O5S. The van der Waals surface area contributed by atoms with Crippen LogP contribution in [0.3, 0.4) is 0 Å². The largest absolute Gasteiger partial charge is 0.326 e. The summed E-state index contributed by atoms with van der Waals surface area (Å²) in [6, 6.07) is 17.7. The first-order valence-electron chi connectivity index (χ1n) is 11.1. The number of benzene rings is 3. The average Bonchev–Trinajstić information content (AvgIpc) is 3.17. The number of nitriles is 1. The van der Waals surface area contributed by atoms with Crippen LogP contribution in [0.25, 0.3) is 0 Å². The predicted octanol–water partition coefficient (Wildman–Crippen LogP) is 2.36. The van der Waals surface area contributed by atoms with Gasteiger partial charge in [0.05, 0.1) is 34.2 Å². The molecule has 0 bridgehead atoms. The van der Waals surface area contributed by atoms with E-state index < -0.39 is 39.6 Å². The Morgan fingerprint density at radius 2 is 1.70 bits per heavy atom. The number of halogens is 1. The van der Waals surface area contributed by atoms with Gasteiger partial charge in [0, 0.05) is 6.54 Å². The smallest absolute Gasteiger partial charge is 0.257 e. The van der Waals surface area contributed by atoms with Crippen molar-refractivity contribution in [2.45, 2.75) is 23.8 Å². The Morgan fingerprint density at radius 1 is 1.05 bits per heavy atom. The molecule has 0 radical (unpaired) electrons. The van der Waals surface area contributed by atoms with E-state index in [0.29, 0.717) is 11.1 Å². The zero-order valence-electron chi connectivity index (χ0n) is 19.4. The molecule has 1 aliphatic rings. The molecule has 0 aliphatic carbocycles. The second-order valence-electron chi connectivity index (χ2n) is 8.36. The lowest BCUT2D eigenvalue weighted by Crippen LogP contribution is -2.46. The molecule has 37 heavy (non-hydrogen) atoms. The van der Waals surface area contributed by atoms with Crippen molar-refractivity contribution in [3.8, 4) is 6.07 Å². The number of anilines is 1. The zero-order chi connectivity index (χ0) is 26.7. The van der Waals surface area contributed by atoms with Crippen LogP contribution in [-0.4, -0.2) is 43.6 Å². The van der Waals surface area contributed by atoms with Gasteiger partial charge in [-0.3, -0.25) is 14.4 Å². The van der Waals surface area contributed by atoms with Crippen molar-refractivity contribution < 1.29 is 27.2 Å². The van der Waals surface area contributed by atoms with E-state index in [0.717, 1.165) is 15.9 Å². The van der Waals surface area contributed by atoms with Crippen LogP contribution in [0.4, 0.5) is 10.1 Å². The molecule has 188 valence electrons. The molecule has 1 fully saturated rings. The van der Waals surface area contributed by atoms with E-state index in [1.807, 2.05) is 6.07 Å². The molecule has 3 aromatic carbocycles. The quantitative estimate of drug-likeness (QED) is 0.474. The van der Waals surface area contributed by atoms with Crippen LogP contribution in [0.1, 0.15) is 27.9 Å². The molecule has 0 aromatic heterocycles. The lowest BCUT2D eigenvalue weighted by atomic mass is 10.1. The highest BCUT2D eigenvalue weighted by molar-refractivity contribution is 7.89. The molecule has 2 N–H and O–H groups in total. The number of hydrogen-bond donors (Lipinski definition) is 1. The molecular weight excluding hydrogens is 499 g/mol. The predicted molar refractivity (Wildman–Crippen MR) is 131 cm³/mol. The highest BCUT2D eigenvalue weighted by Gasteiger charge is 2.44. The summed E-state index contributed by atoms with van der Waals surface area (Å²) < 4.78 is 37.5. The molecule has 1 saturated heterocycles. The van der Waals surface area contributed by atoms with Crippen LogP contribution in [0, 0.1) is 17.1 Å². The molecule has 9 nitrogen and oxygen atoms in total. The van der Waals surface area contributed by atoms with Gasteiger partial charge in [0.2, 0.25) is 15.9 Å². The Labute approximate surface area is 212 Å². The maximum Gasteiger partial charge on any atom is 0.257 e. The fraction of sp³-hybridized carbons (Fsp3) is 0.154. The van der Waals surface area contributed by atoms with Gasteiger partial charge in [-0.25, -0.2) is 22.8 Å². The second-order valence-corrected chi connectivity index (χ2v) is 9.92. The van der Waals surface area contributed by atoms with Crippen LogP contribution in [0.5, 0.6) is 0 Å². The number of carbonyl (C=O) groups is 3. The Hall–Kier alpha value is -4.40. The normalized spacial score (nSPS) is 15.5. The molecule has 1 aliphatic heterocycles. The topological polar surface area (TPSA) is 142 Å². The molecule has 11 heteroatoms. The Balaban J connectivity index is 1.63. The van der Waals surface area contributed by atoms with Gasteiger partial charge in [-0.2, -0.15) is 5.26 Å². The van der Waals surface area contributed by atoms with Crippen molar-refractivity contribution in [1.82, 2.24) is 4.90 Å². The van der Waals surface area contributed by atoms with Crippen LogP contribution in [0.15, 0.2) is 77.7 Å². The van der Waals surface area contributed by atoms with Crippen molar-refractivity contribution >= 4 is 33.4 Å². The summed E-state index contributed by atoms with van der Waals surface area (Å²) in [6.45, 7) is -0.0488. The summed E-state index contributed by atoms with van der Waals surface area (Å²) in [5.74, 6) is -2.71. The van der Waals surface area contributed by atoms with E-state index in [-0.39, 0.29) is 35.5 Å². The van der Waals surface area contributed by atoms with Crippen molar-refractivity contribution in [3.63, 3.8) is 0 Å². The van der Waals surface area contributed by atoms with Crippen molar-refractivity contribution in [1.29, 1.82) is 5.26 Å². The van der Waals surface area contributed by atoms with Gasteiger partial charge in [0.1, 0.15) is 11.9 Å². The van der Waals surface area contributed by atoms with E-state index in [4.69, 9.17) is 10.4 Å². The molecule has 4 rings (SSSR count). The summed E-state index contributed by atoms with van der Waals surface area (Å²) in [7, 11) is -3.88. The van der Waals surface area contributed by atoms with Gasteiger partial charge in [-0.15, -0.1) is 0 Å². The molecule has 0 saturated carbocycles. The van der Waals surface area contributed by atoms with Gasteiger partial charge < -0.3 is 4.90 Å². The minimum Gasteiger partial charge on any atom is -0.326 e. The molecule has 1 atom stereocenters. The molecule has 3 amide bonds. The number of nitrogens with two attached hydrogens (primary N) is 1. The molecule has 1 unspecified atom stereocenters. The number of carbonyl (C=O) groups excluding carboxylic acids is 3. The number of rotatable bonds is 7. The SMILES string of the molecule is N#Cc1ccc(N2C(=O)CC(N(CCc3ccc(S(N)(=O)=O)cc3)C(=O)c3ccccc3F)C2=O)cc1.